The maximum absolute atomic E-state index is 2.45. The molecule has 0 radical (unpaired) electrons. The Kier molecular flexibility index (Phi) is 7.68. The molecule has 0 amide bonds. The third-order valence-corrected chi connectivity index (χ3v) is 13.9. The number of hydrogen-bond donors (Lipinski definition) is 0. The smallest absolute Gasteiger partial charge is 0.0541 e. The van der Waals surface area contributed by atoms with Gasteiger partial charge >= 0.3 is 0 Å². The summed E-state index contributed by atoms with van der Waals surface area (Å²) < 4.78 is 4.87. The number of aromatic nitrogens is 2. The van der Waals surface area contributed by atoms with Crippen LogP contribution in [0.5, 0.6) is 0 Å². The Bertz CT molecular complexity index is 3800. The molecule has 2 aromatic heterocycles. The largest absolute Gasteiger partial charge is 0.309 e. The summed E-state index contributed by atoms with van der Waals surface area (Å²) in [4.78, 5) is 0. The molecule has 10 aromatic carbocycles. The molecule has 0 saturated carbocycles. The zero-order valence-corrected chi connectivity index (χ0v) is 35.2. The van der Waals surface area contributed by atoms with Crippen molar-refractivity contribution in [1.82, 2.24) is 9.13 Å². The fourth-order valence-electron chi connectivity index (χ4n) is 10.7. The van der Waals surface area contributed by atoms with Gasteiger partial charge in [-0.3, -0.25) is 0 Å². The highest BCUT2D eigenvalue weighted by Gasteiger charge is 2.35. The van der Waals surface area contributed by atoms with E-state index in [0.717, 1.165) is 0 Å². The average molecular weight is 803 g/mol. The van der Waals surface area contributed by atoms with Crippen molar-refractivity contribution < 1.29 is 0 Å². The lowest BCUT2D eigenvalue weighted by atomic mass is 9.82. The predicted molar refractivity (Wildman–Crippen MR) is 266 cm³/mol. The van der Waals surface area contributed by atoms with Crippen molar-refractivity contribution in [3.8, 4) is 55.9 Å². The second-order valence-electron chi connectivity index (χ2n) is 17.8. The summed E-state index contributed by atoms with van der Waals surface area (Å²) in [6.45, 7) is 4.71. The molecular formula is C61H42N2. The van der Waals surface area contributed by atoms with Gasteiger partial charge in [-0.15, -0.1) is 0 Å². The Labute approximate surface area is 366 Å². The molecule has 2 heterocycles. The lowest BCUT2D eigenvalue weighted by Crippen LogP contribution is -2.15. The molecule has 296 valence electrons. The number of benzene rings is 10. The van der Waals surface area contributed by atoms with Crippen LogP contribution in [0.2, 0.25) is 0 Å². The maximum atomic E-state index is 2.45. The van der Waals surface area contributed by atoms with Gasteiger partial charge in [-0.1, -0.05) is 166 Å². The molecule has 0 saturated heterocycles. The summed E-state index contributed by atoms with van der Waals surface area (Å²) in [7, 11) is 0. The van der Waals surface area contributed by atoms with Gasteiger partial charge in [-0.2, -0.15) is 0 Å². The average Bonchev–Trinajstić information content (AvgIpc) is 3.93. The number of para-hydroxylation sites is 2. The van der Waals surface area contributed by atoms with Gasteiger partial charge in [-0.05, 0) is 133 Å². The molecule has 0 unspecified atom stereocenters. The van der Waals surface area contributed by atoms with Crippen LogP contribution in [0.1, 0.15) is 25.0 Å². The van der Waals surface area contributed by atoms with Crippen LogP contribution in [-0.2, 0) is 5.41 Å². The number of fused-ring (bicyclic) bond motifs is 10. The molecule has 0 bridgehead atoms. The highest BCUT2D eigenvalue weighted by molar-refractivity contribution is 6.12. The van der Waals surface area contributed by atoms with Crippen LogP contribution in [-0.4, -0.2) is 9.13 Å². The molecule has 0 aliphatic heterocycles. The van der Waals surface area contributed by atoms with Crippen molar-refractivity contribution in [3.05, 3.63) is 230 Å². The zero-order chi connectivity index (χ0) is 41.8. The molecule has 12 aromatic rings. The first-order valence-electron chi connectivity index (χ1n) is 22.0. The summed E-state index contributed by atoms with van der Waals surface area (Å²) in [5.74, 6) is 0. The minimum absolute atomic E-state index is 0.0583. The van der Waals surface area contributed by atoms with E-state index in [4.69, 9.17) is 0 Å². The van der Waals surface area contributed by atoms with E-state index in [-0.39, 0.29) is 5.41 Å². The topological polar surface area (TPSA) is 9.86 Å². The molecular weight excluding hydrogens is 761 g/mol. The highest BCUT2D eigenvalue weighted by atomic mass is 15.0. The zero-order valence-electron chi connectivity index (χ0n) is 35.2. The fraction of sp³-hybridized carbons (Fsp3) is 0.0492. The first-order chi connectivity index (χ1) is 31.0. The van der Waals surface area contributed by atoms with Crippen LogP contribution in [0.3, 0.4) is 0 Å². The van der Waals surface area contributed by atoms with Gasteiger partial charge in [-0.25, -0.2) is 0 Å². The Hall–Kier alpha value is -7.94. The van der Waals surface area contributed by atoms with E-state index in [1.165, 1.54) is 121 Å². The van der Waals surface area contributed by atoms with Gasteiger partial charge in [0.05, 0.1) is 22.1 Å². The van der Waals surface area contributed by atoms with Gasteiger partial charge < -0.3 is 9.13 Å². The molecule has 2 nitrogen and oxygen atoms in total. The molecule has 0 atom stereocenters. The van der Waals surface area contributed by atoms with Crippen LogP contribution in [0.15, 0.2) is 218 Å². The van der Waals surface area contributed by atoms with E-state index < -0.39 is 0 Å². The standard InChI is InChI=1S/C61H42N2/c1-61(2)55-17-9-6-14-49(55)50-31-30-48(38-56(50)61)63-58-19-11-8-16-52(58)54-37-46(28-33-60(54)63)41-22-20-40(21-23-41)45-27-32-59-53(36-45)51-15-7-10-18-57(51)62(59)47-29-26-43-34-42(24-25-44(43)35-47)39-12-4-3-5-13-39/h3-38H,1-2H3. The first kappa shape index (κ1) is 35.8. The van der Waals surface area contributed by atoms with Crippen LogP contribution >= 0.6 is 0 Å². The van der Waals surface area contributed by atoms with Crippen molar-refractivity contribution in [3.63, 3.8) is 0 Å². The summed E-state index contributed by atoms with van der Waals surface area (Å²) in [5.41, 5.74) is 20.0. The molecule has 1 aliphatic rings. The quantitative estimate of drug-likeness (QED) is 0.164. The van der Waals surface area contributed by atoms with E-state index in [1.54, 1.807) is 0 Å². The van der Waals surface area contributed by atoms with Crippen LogP contribution in [0, 0.1) is 0 Å². The van der Waals surface area contributed by atoms with Gasteiger partial charge in [0.25, 0.3) is 0 Å². The SMILES string of the molecule is CC1(C)c2ccccc2-c2ccc(-n3c4ccccc4c4cc(-c5ccc(-c6ccc7c(c6)c6ccccc6n7-c6ccc7cc(-c8ccccc8)ccc7c6)cc5)ccc43)cc21. The maximum Gasteiger partial charge on any atom is 0.0541 e. The van der Waals surface area contributed by atoms with Gasteiger partial charge in [0, 0.05) is 38.3 Å². The summed E-state index contributed by atoms with van der Waals surface area (Å²) in [5, 5.41) is 7.51. The summed E-state index contributed by atoms with van der Waals surface area (Å²) in [6, 6.07) is 80.9. The normalized spacial score (nSPS) is 13.0. The fourth-order valence-corrected chi connectivity index (χ4v) is 10.7. The highest BCUT2D eigenvalue weighted by Crippen LogP contribution is 2.49. The van der Waals surface area contributed by atoms with Crippen molar-refractivity contribution in [2.24, 2.45) is 0 Å². The third-order valence-electron chi connectivity index (χ3n) is 13.9. The van der Waals surface area contributed by atoms with Crippen LogP contribution in [0.25, 0.3) is 110 Å². The van der Waals surface area contributed by atoms with Crippen molar-refractivity contribution in [2.75, 3.05) is 0 Å². The molecule has 2 heteroatoms. The lowest BCUT2D eigenvalue weighted by Gasteiger charge is -2.22. The number of nitrogens with zero attached hydrogens (tertiary/aromatic N) is 2. The van der Waals surface area contributed by atoms with Crippen molar-refractivity contribution in [2.45, 2.75) is 19.3 Å². The van der Waals surface area contributed by atoms with Gasteiger partial charge in [0.1, 0.15) is 0 Å². The Morgan fingerprint density at radius 2 is 0.730 bits per heavy atom. The third kappa shape index (κ3) is 5.44. The van der Waals surface area contributed by atoms with E-state index in [1.807, 2.05) is 0 Å². The van der Waals surface area contributed by atoms with E-state index in [0.29, 0.717) is 0 Å². The predicted octanol–water partition coefficient (Wildman–Crippen LogP) is 16.3. The summed E-state index contributed by atoms with van der Waals surface area (Å²) >= 11 is 0. The Balaban J connectivity index is 0.849. The van der Waals surface area contributed by atoms with E-state index in [9.17, 15) is 0 Å². The minimum Gasteiger partial charge on any atom is -0.309 e. The molecule has 1 aliphatic carbocycles. The monoisotopic (exact) mass is 802 g/mol. The molecule has 63 heavy (non-hydrogen) atoms. The number of rotatable bonds is 5. The molecule has 13 rings (SSSR count). The van der Waals surface area contributed by atoms with Crippen LogP contribution < -0.4 is 0 Å². The van der Waals surface area contributed by atoms with Crippen molar-refractivity contribution in [1.29, 1.82) is 0 Å². The molecule has 0 spiro atoms. The Morgan fingerprint density at radius 1 is 0.286 bits per heavy atom. The van der Waals surface area contributed by atoms with E-state index in [2.05, 4.69) is 241 Å². The number of hydrogen-bond acceptors (Lipinski definition) is 0. The van der Waals surface area contributed by atoms with Gasteiger partial charge in [0.15, 0.2) is 0 Å². The second-order valence-corrected chi connectivity index (χ2v) is 17.8. The van der Waals surface area contributed by atoms with E-state index >= 15 is 0 Å². The van der Waals surface area contributed by atoms with Crippen LogP contribution in [0.4, 0.5) is 0 Å². The minimum atomic E-state index is -0.0583. The summed E-state index contributed by atoms with van der Waals surface area (Å²) in [6.07, 6.45) is 0. The second kappa shape index (κ2) is 13.5. The first-order valence-corrected chi connectivity index (χ1v) is 22.0. The molecule has 0 N–H and O–H groups in total. The Morgan fingerprint density at radius 3 is 1.40 bits per heavy atom. The van der Waals surface area contributed by atoms with Gasteiger partial charge in [0.2, 0.25) is 0 Å². The molecule has 0 fully saturated rings. The lowest BCUT2D eigenvalue weighted by molar-refractivity contribution is 0.660. The van der Waals surface area contributed by atoms with Crippen molar-refractivity contribution >= 4 is 54.4 Å².